The van der Waals surface area contributed by atoms with Crippen molar-refractivity contribution >= 4 is 28.1 Å². The van der Waals surface area contributed by atoms with Crippen LogP contribution in [0.15, 0.2) is 24.8 Å². The summed E-state index contributed by atoms with van der Waals surface area (Å²) < 4.78 is 2.30. The normalized spacial score (nSPS) is 27.3. The molecular formula is C18H22N6O. The molecule has 0 unspecified atom stereocenters. The zero-order valence-electron chi connectivity index (χ0n) is 14.5. The molecule has 3 N–H and O–H groups in total. The van der Waals surface area contributed by atoms with Gasteiger partial charge in [-0.05, 0) is 31.2 Å². The first-order chi connectivity index (χ1) is 12.0. The lowest BCUT2D eigenvalue weighted by Gasteiger charge is -2.70. The lowest BCUT2D eigenvalue weighted by Crippen LogP contribution is -2.79. The van der Waals surface area contributed by atoms with E-state index in [1.54, 1.807) is 0 Å². The quantitative estimate of drug-likeness (QED) is 0.683. The van der Waals surface area contributed by atoms with E-state index in [9.17, 15) is 4.79 Å². The highest BCUT2D eigenvalue weighted by atomic mass is 16.2. The number of urea groups is 1. The summed E-state index contributed by atoms with van der Waals surface area (Å²) >= 11 is 0. The maximum atomic E-state index is 12.1. The second kappa shape index (κ2) is 4.74. The van der Waals surface area contributed by atoms with E-state index in [1.807, 2.05) is 18.7 Å². The van der Waals surface area contributed by atoms with Crippen molar-refractivity contribution < 1.29 is 4.79 Å². The predicted molar refractivity (Wildman–Crippen MR) is 95.3 cm³/mol. The summed E-state index contributed by atoms with van der Waals surface area (Å²) in [6, 6.07) is 2.01. The van der Waals surface area contributed by atoms with Crippen molar-refractivity contribution in [1.29, 1.82) is 0 Å². The van der Waals surface area contributed by atoms with Crippen LogP contribution in [0, 0.1) is 5.92 Å². The molecule has 0 atom stereocenters. The molecular weight excluding hydrogens is 316 g/mol. The Morgan fingerprint density at radius 1 is 1.36 bits per heavy atom. The first kappa shape index (κ1) is 14.7. The number of carbonyl (C=O) groups excluding carboxylic acids is 1. The minimum absolute atomic E-state index is 0.0397. The molecule has 6 rings (SSSR count). The second-order valence-electron chi connectivity index (χ2n) is 8.11. The number of fused-ring (bicyclic) bond motifs is 3. The lowest BCUT2D eigenvalue weighted by atomic mass is 9.44. The first-order valence-electron chi connectivity index (χ1n) is 8.86. The third-order valence-electron chi connectivity index (χ3n) is 5.65. The third-order valence-corrected chi connectivity index (χ3v) is 5.65. The zero-order chi connectivity index (χ0) is 17.2. The number of pyridine rings is 1. The fourth-order valence-electron chi connectivity index (χ4n) is 4.57. The Bertz CT molecular complexity index is 964. The molecule has 0 spiro atoms. The van der Waals surface area contributed by atoms with Gasteiger partial charge in [-0.2, -0.15) is 0 Å². The van der Waals surface area contributed by atoms with Gasteiger partial charge in [0.1, 0.15) is 11.2 Å². The van der Waals surface area contributed by atoms with Gasteiger partial charge in [-0.1, -0.05) is 13.8 Å². The summed E-state index contributed by atoms with van der Waals surface area (Å²) in [4.78, 5) is 24.2. The van der Waals surface area contributed by atoms with Crippen molar-refractivity contribution in [3.8, 4) is 0 Å². The lowest BCUT2D eigenvalue weighted by molar-refractivity contribution is -0.128. The van der Waals surface area contributed by atoms with Gasteiger partial charge in [-0.15, -0.1) is 0 Å². The Labute approximate surface area is 145 Å². The molecule has 2 amide bonds. The predicted octanol–water partition coefficient (Wildman–Crippen LogP) is 2.50. The number of aromatic amines is 1. The Hall–Kier alpha value is -2.57. The zero-order valence-corrected chi connectivity index (χ0v) is 14.5. The van der Waals surface area contributed by atoms with Crippen LogP contribution >= 0.6 is 0 Å². The SMILES string of the molecule is CC(C)CNC(=O)NC12CC(n3cnc4cnc5[nH]ccc5c43)(C1)C2. The monoisotopic (exact) mass is 338 g/mol. The third kappa shape index (κ3) is 2.01. The topological polar surface area (TPSA) is 87.6 Å². The molecule has 3 heterocycles. The fraction of sp³-hybridized carbons (Fsp3) is 0.500. The number of rotatable bonds is 4. The maximum absolute atomic E-state index is 12.1. The van der Waals surface area contributed by atoms with Crippen molar-refractivity contribution in [2.24, 2.45) is 5.92 Å². The van der Waals surface area contributed by atoms with Crippen LogP contribution in [0.25, 0.3) is 22.1 Å². The van der Waals surface area contributed by atoms with E-state index in [0.29, 0.717) is 12.5 Å². The fourth-order valence-corrected chi connectivity index (χ4v) is 4.57. The van der Waals surface area contributed by atoms with Gasteiger partial charge in [0.25, 0.3) is 0 Å². The molecule has 3 fully saturated rings. The number of nitrogens with one attached hydrogen (secondary N) is 3. The van der Waals surface area contributed by atoms with Gasteiger partial charge in [0.15, 0.2) is 0 Å². The first-order valence-corrected chi connectivity index (χ1v) is 8.86. The number of carbonyl (C=O) groups is 1. The number of nitrogens with zero attached hydrogens (tertiary/aromatic N) is 3. The molecule has 130 valence electrons. The van der Waals surface area contributed by atoms with E-state index in [0.717, 1.165) is 41.3 Å². The molecule has 0 radical (unpaired) electrons. The van der Waals surface area contributed by atoms with Crippen molar-refractivity contribution in [3.05, 3.63) is 24.8 Å². The maximum Gasteiger partial charge on any atom is 0.315 e. The van der Waals surface area contributed by atoms with Gasteiger partial charge >= 0.3 is 6.03 Å². The number of hydrogen-bond acceptors (Lipinski definition) is 3. The number of amides is 2. The van der Waals surface area contributed by atoms with E-state index in [1.165, 1.54) is 0 Å². The smallest absolute Gasteiger partial charge is 0.315 e. The van der Waals surface area contributed by atoms with E-state index >= 15 is 0 Å². The number of imidazole rings is 1. The van der Waals surface area contributed by atoms with Crippen LogP contribution in [0.5, 0.6) is 0 Å². The molecule has 3 aliphatic carbocycles. The molecule has 25 heavy (non-hydrogen) atoms. The van der Waals surface area contributed by atoms with Crippen molar-refractivity contribution in [1.82, 2.24) is 30.2 Å². The van der Waals surface area contributed by atoms with Gasteiger partial charge in [0.05, 0.1) is 23.6 Å². The molecule has 0 saturated heterocycles. The summed E-state index contributed by atoms with van der Waals surface area (Å²) in [7, 11) is 0. The minimum Gasteiger partial charge on any atom is -0.346 e. The molecule has 3 aromatic rings. The summed E-state index contributed by atoms with van der Waals surface area (Å²) in [5, 5.41) is 7.23. The summed E-state index contributed by atoms with van der Waals surface area (Å²) in [6.45, 7) is 4.89. The van der Waals surface area contributed by atoms with Crippen molar-refractivity contribution in [3.63, 3.8) is 0 Å². The standard InChI is InChI=1S/C18H22N6O/c1-11(2)5-21-16(25)23-17-7-18(8-17,9-17)24-10-22-13-6-20-15-12(14(13)24)3-4-19-15/h3-4,6,10-11H,5,7-9H2,1-2H3,(H,19,20)(H2,21,23,25). The molecule has 3 aliphatic rings. The molecule has 7 nitrogen and oxygen atoms in total. The molecule has 2 bridgehead atoms. The van der Waals surface area contributed by atoms with Crippen LogP contribution in [-0.2, 0) is 5.54 Å². The van der Waals surface area contributed by atoms with Gasteiger partial charge in [0, 0.05) is 23.7 Å². The summed E-state index contributed by atoms with van der Waals surface area (Å²) in [5.74, 6) is 0.458. The van der Waals surface area contributed by atoms with Gasteiger partial charge in [0.2, 0.25) is 0 Å². The average molecular weight is 338 g/mol. The van der Waals surface area contributed by atoms with Crippen LogP contribution in [0.1, 0.15) is 33.1 Å². The van der Waals surface area contributed by atoms with E-state index in [2.05, 4.69) is 50.1 Å². The largest absolute Gasteiger partial charge is 0.346 e. The molecule has 7 heteroatoms. The van der Waals surface area contributed by atoms with Crippen LogP contribution in [0.4, 0.5) is 4.79 Å². The number of aromatic nitrogens is 4. The average Bonchev–Trinajstić information content (AvgIpc) is 3.12. The van der Waals surface area contributed by atoms with Gasteiger partial charge in [-0.3, -0.25) is 0 Å². The van der Waals surface area contributed by atoms with Gasteiger partial charge < -0.3 is 20.2 Å². The van der Waals surface area contributed by atoms with E-state index in [4.69, 9.17) is 0 Å². The molecule has 0 aliphatic heterocycles. The minimum atomic E-state index is -0.0466. The van der Waals surface area contributed by atoms with E-state index in [-0.39, 0.29) is 17.1 Å². The molecule has 3 saturated carbocycles. The highest BCUT2D eigenvalue weighted by molar-refractivity contribution is 6.01. The van der Waals surface area contributed by atoms with Crippen molar-refractivity contribution in [2.45, 2.75) is 44.2 Å². The summed E-state index contributed by atoms with van der Waals surface area (Å²) in [5.41, 5.74) is 3.01. The van der Waals surface area contributed by atoms with Crippen molar-refractivity contribution in [2.75, 3.05) is 6.54 Å². The van der Waals surface area contributed by atoms with Crippen LogP contribution < -0.4 is 10.6 Å². The molecule has 0 aromatic carbocycles. The highest BCUT2D eigenvalue weighted by Crippen LogP contribution is 2.65. The van der Waals surface area contributed by atoms with Gasteiger partial charge in [-0.25, -0.2) is 14.8 Å². The van der Waals surface area contributed by atoms with Crippen LogP contribution in [-0.4, -0.2) is 37.6 Å². The Morgan fingerprint density at radius 3 is 2.92 bits per heavy atom. The number of H-pyrrole nitrogens is 1. The van der Waals surface area contributed by atoms with E-state index < -0.39 is 0 Å². The summed E-state index contributed by atoms with van der Waals surface area (Å²) in [6.07, 6.45) is 8.57. The van der Waals surface area contributed by atoms with Crippen LogP contribution in [0.3, 0.4) is 0 Å². The Kier molecular flexibility index (Phi) is 2.80. The second-order valence-corrected chi connectivity index (χ2v) is 8.11. The molecule has 3 aromatic heterocycles. The van der Waals surface area contributed by atoms with Crippen LogP contribution in [0.2, 0.25) is 0 Å². The Balaban J connectivity index is 1.37. The Morgan fingerprint density at radius 2 is 2.16 bits per heavy atom. The highest BCUT2D eigenvalue weighted by Gasteiger charge is 2.70. The number of hydrogen-bond donors (Lipinski definition) is 3.